The van der Waals surface area contributed by atoms with Crippen molar-refractivity contribution in [1.82, 2.24) is 10.3 Å². The summed E-state index contributed by atoms with van der Waals surface area (Å²) in [7, 11) is 0. The van der Waals surface area contributed by atoms with Crippen molar-refractivity contribution in [3.63, 3.8) is 0 Å². The topological polar surface area (TPSA) is 51.2 Å². The Morgan fingerprint density at radius 1 is 1.25 bits per heavy atom. The maximum Gasteiger partial charge on any atom is 0.251 e. The molecule has 24 heavy (non-hydrogen) atoms. The van der Waals surface area contributed by atoms with Gasteiger partial charge in [-0.3, -0.25) is 9.78 Å². The molecule has 1 fully saturated rings. The van der Waals surface area contributed by atoms with Crippen LogP contribution in [0.25, 0.3) is 0 Å². The molecule has 1 aromatic heterocycles. The lowest BCUT2D eigenvalue weighted by molar-refractivity contribution is 0.0925. The molecule has 0 spiro atoms. The summed E-state index contributed by atoms with van der Waals surface area (Å²) >= 11 is 0. The molecule has 1 aliphatic heterocycles. The Morgan fingerprint density at radius 2 is 2.04 bits per heavy atom. The highest BCUT2D eigenvalue weighted by molar-refractivity contribution is 5.94. The molecule has 1 N–H and O–H groups in total. The number of benzene rings is 1. The monoisotopic (exact) mass is 324 g/mol. The van der Waals surface area contributed by atoms with Gasteiger partial charge in [-0.25, -0.2) is 0 Å². The minimum Gasteiger partial charge on any atom is -0.379 e. The summed E-state index contributed by atoms with van der Waals surface area (Å²) in [5.41, 5.74) is 3.12. The van der Waals surface area contributed by atoms with Crippen molar-refractivity contribution in [3.05, 3.63) is 65.5 Å². The second-order valence-corrected chi connectivity index (χ2v) is 6.72. The van der Waals surface area contributed by atoms with Gasteiger partial charge in [-0.2, -0.15) is 0 Å². The van der Waals surface area contributed by atoms with E-state index in [1.165, 1.54) is 11.1 Å². The summed E-state index contributed by atoms with van der Waals surface area (Å²) < 4.78 is 5.61. The van der Waals surface area contributed by atoms with Gasteiger partial charge in [0.25, 0.3) is 5.91 Å². The molecular formula is C20H24N2O2. The molecule has 0 saturated carbocycles. The lowest BCUT2D eigenvalue weighted by atomic mass is 9.95. The fourth-order valence-electron chi connectivity index (χ4n) is 3.07. The summed E-state index contributed by atoms with van der Waals surface area (Å²) in [5.74, 6) is 0.685. The number of amides is 1. The predicted molar refractivity (Wildman–Crippen MR) is 94.0 cm³/mol. The van der Waals surface area contributed by atoms with E-state index in [9.17, 15) is 4.79 Å². The van der Waals surface area contributed by atoms with Gasteiger partial charge in [-0.1, -0.05) is 26.0 Å². The first-order valence-electron chi connectivity index (χ1n) is 8.51. The third-order valence-electron chi connectivity index (χ3n) is 4.58. The van der Waals surface area contributed by atoms with E-state index in [0.717, 1.165) is 12.0 Å². The van der Waals surface area contributed by atoms with Crippen LogP contribution in [0.4, 0.5) is 0 Å². The number of pyridine rings is 1. The Bertz CT molecular complexity index is 685. The van der Waals surface area contributed by atoms with Crippen LogP contribution in [0.15, 0.2) is 48.8 Å². The summed E-state index contributed by atoms with van der Waals surface area (Å²) in [6.07, 6.45) is 4.49. The second kappa shape index (κ2) is 7.58. The van der Waals surface area contributed by atoms with Gasteiger partial charge >= 0.3 is 0 Å². The zero-order valence-electron chi connectivity index (χ0n) is 14.2. The van der Waals surface area contributed by atoms with E-state index >= 15 is 0 Å². The van der Waals surface area contributed by atoms with Gasteiger partial charge in [0.2, 0.25) is 0 Å². The summed E-state index contributed by atoms with van der Waals surface area (Å²) in [6, 6.07) is 11.9. The zero-order valence-corrected chi connectivity index (χ0v) is 14.2. The first-order valence-corrected chi connectivity index (χ1v) is 8.51. The van der Waals surface area contributed by atoms with E-state index in [4.69, 9.17) is 4.74 Å². The van der Waals surface area contributed by atoms with Crippen LogP contribution in [0, 0.1) is 5.92 Å². The highest BCUT2D eigenvalue weighted by Crippen LogP contribution is 2.20. The number of rotatable bonds is 5. The molecule has 0 unspecified atom stereocenters. The van der Waals surface area contributed by atoms with E-state index in [0.29, 0.717) is 25.0 Å². The molecule has 2 heterocycles. The SMILES string of the molecule is CC(C)c1cccc(C(=O)N[C@@H]2COC[C@H]2Cc2ccncc2)c1. The van der Waals surface area contributed by atoms with Crippen LogP contribution in [0.1, 0.15) is 41.3 Å². The Labute approximate surface area is 143 Å². The molecule has 2 atom stereocenters. The van der Waals surface area contributed by atoms with E-state index in [-0.39, 0.29) is 11.9 Å². The Balaban J connectivity index is 1.66. The van der Waals surface area contributed by atoms with Crippen molar-refractivity contribution in [2.24, 2.45) is 5.92 Å². The number of carbonyl (C=O) groups is 1. The molecule has 0 bridgehead atoms. The molecule has 1 aliphatic rings. The predicted octanol–water partition coefficient (Wildman–Crippen LogP) is 3.19. The molecule has 0 radical (unpaired) electrons. The largest absolute Gasteiger partial charge is 0.379 e. The average Bonchev–Trinajstić information content (AvgIpc) is 3.02. The van der Waals surface area contributed by atoms with Crippen LogP contribution in [-0.2, 0) is 11.2 Å². The van der Waals surface area contributed by atoms with Gasteiger partial charge in [-0.05, 0) is 47.7 Å². The maximum atomic E-state index is 12.6. The standard InChI is InChI=1S/C20H24N2O2/c1-14(2)16-4-3-5-17(11-16)20(23)22-19-13-24-12-18(19)10-15-6-8-21-9-7-15/h3-9,11,14,18-19H,10,12-13H2,1-2H3,(H,22,23)/t18-,19-/m1/s1. The van der Waals surface area contributed by atoms with Gasteiger partial charge in [0, 0.05) is 23.9 Å². The van der Waals surface area contributed by atoms with Crippen molar-refractivity contribution in [1.29, 1.82) is 0 Å². The second-order valence-electron chi connectivity index (χ2n) is 6.72. The van der Waals surface area contributed by atoms with Crippen molar-refractivity contribution in [2.45, 2.75) is 32.2 Å². The third-order valence-corrected chi connectivity index (χ3v) is 4.58. The van der Waals surface area contributed by atoms with Gasteiger partial charge in [0.05, 0.1) is 19.3 Å². The number of carbonyl (C=O) groups excluding carboxylic acids is 1. The van der Waals surface area contributed by atoms with Gasteiger partial charge < -0.3 is 10.1 Å². The first-order chi connectivity index (χ1) is 11.6. The number of ether oxygens (including phenoxy) is 1. The number of nitrogens with zero attached hydrogens (tertiary/aromatic N) is 1. The summed E-state index contributed by atoms with van der Waals surface area (Å²) in [6.45, 7) is 5.52. The molecule has 126 valence electrons. The van der Waals surface area contributed by atoms with Gasteiger partial charge in [0.15, 0.2) is 0 Å². The fourth-order valence-corrected chi connectivity index (χ4v) is 3.07. The lowest BCUT2D eigenvalue weighted by Crippen LogP contribution is -2.40. The Morgan fingerprint density at radius 3 is 2.79 bits per heavy atom. The van der Waals surface area contributed by atoms with Crippen molar-refractivity contribution < 1.29 is 9.53 Å². The van der Waals surface area contributed by atoms with Crippen molar-refractivity contribution in [3.8, 4) is 0 Å². The van der Waals surface area contributed by atoms with E-state index in [1.807, 2.05) is 30.3 Å². The van der Waals surface area contributed by atoms with Crippen molar-refractivity contribution >= 4 is 5.91 Å². The summed E-state index contributed by atoms with van der Waals surface area (Å²) in [4.78, 5) is 16.6. The van der Waals surface area contributed by atoms with Crippen LogP contribution in [0.5, 0.6) is 0 Å². The molecule has 4 nitrogen and oxygen atoms in total. The van der Waals surface area contributed by atoms with Crippen LogP contribution in [0.3, 0.4) is 0 Å². The normalized spacial score (nSPS) is 20.3. The molecule has 1 saturated heterocycles. The molecule has 2 aromatic rings. The number of nitrogens with one attached hydrogen (secondary N) is 1. The Hall–Kier alpha value is -2.20. The number of hydrogen-bond donors (Lipinski definition) is 1. The third kappa shape index (κ3) is 4.01. The number of aromatic nitrogens is 1. The highest BCUT2D eigenvalue weighted by atomic mass is 16.5. The average molecular weight is 324 g/mol. The quantitative estimate of drug-likeness (QED) is 0.919. The Kier molecular flexibility index (Phi) is 5.26. The smallest absolute Gasteiger partial charge is 0.251 e. The van der Waals surface area contributed by atoms with Gasteiger partial charge in [0.1, 0.15) is 0 Å². The van der Waals surface area contributed by atoms with E-state index in [1.54, 1.807) is 12.4 Å². The van der Waals surface area contributed by atoms with Crippen LogP contribution < -0.4 is 5.32 Å². The molecular weight excluding hydrogens is 300 g/mol. The molecule has 0 aliphatic carbocycles. The van der Waals surface area contributed by atoms with Crippen LogP contribution >= 0.6 is 0 Å². The zero-order chi connectivity index (χ0) is 16.9. The van der Waals surface area contributed by atoms with Gasteiger partial charge in [-0.15, -0.1) is 0 Å². The highest BCUT2D eigenvalue weighted by Gasteiger charge is 2.29. The van der Waals surface area contributed by atoms with Crippen molar-refractivity contribution in [2.75, 3.05) is 13.2 Å². The molecule has 3 rings (SSSR count). The minimum atomic E-state index is -0.0206. The van der Waals surface area contributed by atoms with E-state index < -0.39 is 0 Å². The lowest BCUT2D eigenvalue weighted by Gasteiger charge is -2.19. The molecule has 1 amide bonds. The summed E-state index contributed by atoms with van der Waals surface area (Å²) in [5, 5.41) is 3.15. The fraction of sp³-hybridized carbons (Fsp3) is 0.400. The van der Waals surface area contributed by atoms with E-state index in [2.05, 4.69) is 30.2 Å². The first kappa shape index (κ1) is 16.7. The van der Waals surface area contributed by atoms with Crippen LogP contribution in [0.2, 0.25) is 0 Å². The molecule has 4 heteroatoms. The minimum absolute atomic E-state index is 0.0206. The van der Waals surface area contributed by atoms with Crippen LogP contribution in [-0.4, -0.2) is 30.1 Å². The molecule has 1 aromatic carbocycles. The maximum absolute atomic E-state index is 12.6. The number of hydrogen-bond acceptors (Lipinski definition) is 3.